The Morgan fingerprint density at radius 2 is 1.77 bits per heavy atom. The molecule has 5 heteroatoms. The molecule has 0 bridgehead atoms. The fourth-order valence-electron chi connectivity index (χ4n) is 4.28. The summed E-state index contributed by atoms with van der Waals surface area (Å²) in [4.78, 5) is 9.52. The zero-order valence-electron chi connectivity index (χ0n) is 18.7. The summed E-state index contributed by atoms with van der Waals surface area (Å²) in [6.45, 7) is 11.1. The first kappa shape index (κ1) is 21.8. The molecule has 0 atom stereocenters. The lowest BCUT2D eigenvalue weighted by Crippen LogP contribution is -2.36. The van der Waals surface area contributed by atoms with Crippen LogP contribution in [0.2, 0.25) is 0 Å². The molecule has 3 aromatic rings. The van der Waals surface area contributed by atoms with Gasteiger partial charge in [-0.2, -0.15) is 0 Å². The van der Waals surface area contributed by atoms with Crippen molar-refractivity contribution in [2.45, 2.75) is 33.4 Å². The molecule has 0 N–H and O–H groups in total. The van der Waals surface area contributed by atoms with Crippen LogP contribution in [0, 0.1) is 0 Å². The molecule has 164 valence electrons. The summed E-state index contributed by atoms with van der Waals surface area (Å²) < 4.78 is 11.7. The number of fused-ring (bicyclic) bond motifs is 3. The minimum absolute atomic E-state index is 0.619. The van der Waals surface area contributed by atoms with Crippen LogP contribution in [0.3, 0.4) is 0 Å². The first-order chi connectivity index (χ1) is 15.4. The van der Waals surface area contributed by atoms with Crippen LogP contribution in [0.15, 0.2) is 54.7 Å². The van der Waals surface area contributed by atoms with E-state index in [2.05, 4.69) is 57.2 Å². The van der Waals surface area contributed by atoms with Crippen molar-refractivity contribution in [2.24, 2.45) is 0 Å². The molecule has 5 nitrogen and oxygen atoms in total. The highest BCUT2D eigenvalue weighted by molar-refractivity contribution is 5.89. The highest BCUT2D eigenvalue weighted by atomic mass is 16.5. The Hall–Kier alpha value is -2.47. The molecular formula is C26H33N3O2. The lowest BCUT2D eigenvalue weighted by atomic mass is 10.0. The van der Waals surface area contributed by atoms with Gasteiger partial charge in [0.25, 0.3) is 0 Å². The van der Waals surface area contributed by atoms with Gasteiger partial charge in [0.05, 0.1) is 13.2 Å². The van der Waals surface area contributed by atoms with Crippen LogP contribution in [0.5, 0.6) is 5.75 Å². The first-order valence-electron chi connectivity index (χ1n) is 11.5. The number of hydrogen-bond donors (Lipinski definition) is 0. The van der Waals surface area contributed by atoms with E-state index in [1.165, 1.54) is 22.1 Å². The maximum Gasteiger partial charge on any atom is 0.152 e. The molecule has 0 unspecified atom stereocenters. The summed E-state index contributed by atoms with van der Waals surface area (Å²) in [6.07, 6.45) is 2.90. The van der Waals surface area contributed by atoms with E-state index >= 15 is 0 Å². The van der Waals surface area contributed by atoms with Gasteiger partial charge in [-0.3, -0.25) is 14.8 Å². The molecule has 2 aliphatic rings. The summed E-state index contributed by atoms with van der Waals surface area (Å²) in [5, 5.41) is 1.20. The van der Waals surface area contributed by atoms with Crippen molar-refractivity contribution in [2.75, 3.05) is 39.6 Å². The number of hydrogen-bond acceptors (Lipinski definition) is 5. The Morgan fingerprint density at radius 3 is 2.58 bits per heavy atom. The summed E-state index contributed by atoms with van der Waals surface area (Å²) in [7, 11) is 0. The fraction of sp³-hybridized carbons (Fsp3) is 0.423. The second-order valence-corrected chi connectivity index (χ2v) is 7.87. The van der Waals surface area contributed by atoms with Crippen molar-refractivity contribution < 1.29 is 9.47 Å². The molecule has 0 spiro atoms. The van der Waals surface area contributed by atoms with Crippen LogP contribution in [0.25, 0.3) is 10.9 Å². The van der Waals surface area contributed by atoms with Crippen molar-refractivity contribution in [3.63, 3.8) is 0 Å². The van der Waals surface area contributed by atoms with Gasteiger partial charge in [-0.15, -0.1) is 0 Å². The van der Waals surface area contributed by atoms with Crippen LogP contribution in [-0.4, -0.2) is 54.4 Å². The maximum atomic E-state index is 6.21. The van der Waals surface area contributed by atoms with Gasteiger partial charge in [-0.05, 0) is 29.7 Å². The summed E-state index contributed by atoms with van der Waals surface area (Å²) >= 11 is 0. The van der Waals surface area contributed by atoms with Crippen LogP contribution in [0.1, 0.15) is 30.5 Å². The van der Waals surface area contributed by atoms with Crippen LogP contribution in [0.4, 0.5) is 0 Å². The van der Waals surface area contributed by atoms with Gasteiger partial charge >= 0.3 is 0 Å². The van der Waals surface area contributed by atoms with E-state index in [-0.39, 0.29) is 0 Å². The fourth-order valence-corrected chi connectivity index (χ4v) is 4.28. The predicted molar refractivity (Wildman–Crippen MR) is 125 cm³/mol. The van der Waals surface area contributed by atoms with Gasteiger partial charge in [-0.1, -0.05) is 50.2 Å². The van der Waals surface area contributed by atoms with Crippen LogP contribution >= 0.6 is 0 Å². The van der Waals surface area contributed by atoms with E-state index in [1.54, 1.807) is 0 Å². The Balaban J connectivity index is 0.00000112. The van der Waals surface area contributed by atoms with Crippen molar-refractivity contribution in [3.8, 4) is 5.75 Å². The molecule has 5 rings (SSSR count). The normalized spacial score (nSPS) is 16.8. The molecule has 3 heterocycles. The summed E-state index contributed by atoms with van der Waals surface area (Å²) in [6, 6.07) is 17.2. The number of rotatable bonds is 5. The third-order valence-corrected chi connectivity index (χ3v) is 5.85. The first-order valence-corrected chi connectivity index (χ1v) is 11.5. The van der Waals surface area contributed by atoms with Gasteiger partial charge in [0.1, 0.15) is 12.2 Å². The largest absolute Gasteiger partial charge is 0.475 e. The zero-order valence-corrected chi connectivity index (χ0v) is 18.7. The Kier molecular flexibility index (Phi) is 7.52. The molecule has 1 aromatic heterocycles. The minimum Gasteiger partial charge on any atom is -0.475 e. The Labute approximate surface area is 185 Å². The number of nitrogens with zero attached hydrogens (tertiary/aromatic N) is 3. The van der Waals surface area contributed by atoms with Crippen molar-refractivity contribution >= 4 is 10.9 Å². The molecule has 1 fully saturated rings. The van der Waals surface area contributed by atoms with Crippen molar-refractivity contribution in [1.82, 2.24) is 14.8 Å². The van der Waals surface area contributed by atoms with Gasteiger partial charge < -0.3 is 9.47 Å². The van der Waals surface area contributed by atoms with Gasteiger partial charge in [0.15, 0.2) is 5.75 Å². The SMILES string of the molecule is CC.c1ccc(CCN2COc3c(cc(CN4CCOCC4)c4cccnc34)C2)cc1. The maximum absolute atomic E-state index is 6.21. The molecule has 2 aromatic carbocycles. The highest BCUT2D eigenvalue weighted by Gasteiger charge is 2.23. The van der Waals surface area contributed by atoms with Gasteiger partial charge in [-0.25, -0.2) is 0 Å². The molecule has 0 saturated carbocycles. The lowest BCUT2D eigenvalue weighted by Gasteiger charge is -2.31. The molecule has 0 aliphatic carbocycles. The number of benzene rings is 2. The molecule has 0 radical (unpaired) electrons. The van der Waals surface area contributed by atoms with E-state index in [0.29, 0.717) is 6.73 Å². The van der Waals surface area contributed by atoms with E-state index in [1.807, 2.05) is 26.1 Å². The van der Waals surface area contributed by atoms with E-state index in [4.69, 9.17) is 9.47 Å². The number of ether oxygens (including phenoxy) is 2. The van der Waals surface area contributed by atoms with E-state index < -0.39 is 0 Å². The summed E-state index contributed by atoms with van der Waals surface area (Å²) in [5.74, 6) is 0.960. The van der Waals surface area contributed by atoms with Gasteiger partial charge in [0, 0.05) is 49.9 Å². The third-order valence-electron chi connectivity index (χ3n) is 5.85. The van der Waals surface area contributed by atoms with Crippen molar-refractivity contribution in [1.29, 1.82) is 0 Å². The topological polar surface area (TPSA) is 37.8 Å². The highest BCUT2D eigenvalue weighted by Crippen LogP contribution is 2.35. The molecule has 2 aliphatic heterocycles. The standard InChI is InChI=1S/C24H27N3O2.C2H6/c1-2-5-19(6-3-1)8-10-27-17-21-15-20(16-26-11-13-28-14-12-26)22-7-4-9-25-23(22)24(21)29-18-27;1-2/h1-7,9,15H,8,10-14,16-18H2;1-2H3. The third kappa shape index (κ3) is 5.24. The number of aromatic nitrogens is 1. The lowest BCUT2D eigenvalue weighted by molar-refractivity contribution is 0.0343. The second kappa shape index (κ2) is 10.7. The monoisotopic (exact) mass is 419 g/mol. The summed E-state index contributed by atoms with van der Waals surface area (Å²) in [5.41, 5.74) is 4.95. The van der Waals surface area contributed by atoms with E-state index in [9.17, 15) is 0 Å². The molecule has 0 amide bonds. The smallest absolute Gasteiger partial charge is 0.152 e. The van der Waals surface area contributed by atoms with Gasteiger partial charge in [0.2, 0.25) is 0 Å². The van der Waals surface area contributed by atoms with Crippen LogP contribution in [-0.2, 0) is 24.2 Å². The minimum atomic E-state index is 0.619. The Bertz CT molecular complexity index is 971. The van der Waals surface area contributed by atoms with Crippen LogP contribution < -0.4 is 4.74 Å². The quantitative estimate of drug-likeness (QED) is 0.609. The Morgan fingerprint density at radius 1 is 0.968 bits per heavy atom. The molecular weight excluding hydrogens is 386 g/mol. The zero-order chi connectivity index (χ0) is 21.5. The van der Waals surface area contributed by atoms with Crippen molar-refractivity contribution in [3.05, 3.63) is 71.4 Å². The molecule has 31 heavy (non-hydrogen) atoms. The average molecular weight is 420 g/mol. The number of morpholine rings is 1. The molecule has 1 saturated heterocycles. The predicted octanol–water partition coefficient (Wildman–Crippen LogP) is 4.49. The number of pyridine rings is 1. The second-order valence-electron chi connectivity index (χ2n) is 7.87. The average Bonchev–Trinajstić information content (AvgIpc) is 2.85. The van der Waals surface area contributed by atoms with E-state index in [0.717, 1.165) is 63.6 Å².